The van der Waals surface area contributed by atoms with Gasteiger partial charge in [0.15, 0.2) is 5.75 Å². The molecule has 42 heavy (non-hydrogen) atoms. The largest absolute Gasteiger partial charge is 0.465 e. The molecule has 1 aliphatic carbocycles. The zero-order valence-electron chi connectivity index (χ0n) is 23.1. The number of nitrogens with one attached hydrogen (secondary N) is 2. The first-order chi connectivity index (χ1) is 19.9. The molecule has 2 N–H and O–H groups in total. The summed E-state index contributed by atoms with van der Waals surface area (Å²) in [6.45, 7) is 2.22. The number of amides is 1. The molecule has 2 aliphatic heterocycles. The Bertz CT molecular complexity index is 1640. The number of fused-ring (bicyclic) bond motifs is 1. The van der Waals surface area contributed by atoms with E-state index < -0.39 is 46.7 Å². The third-order valence-electron chi connectivity index (χ3n) is 8.15. The highest BCUT2D eigenvalue weighted by atomic mass is 32.2. The standard InChI is InChI=1S/C28H32F2N6O5S/c1-2-41-25(37)16-42(39,40)33-19-3-4-22(23(14-19)34-11-8-27(6-7-27)9-12-34)26(38)32-20-13-21-5-10-31-36(21)24(15-20)35-17-28(29,30)18-35/h3-5,10,13-15,33H,2,6-9,11-12,16-18H2,1H3,(H,32,38). The van der Waals surface area contributed by atoms with Crippen molar-refractivity contribution in [3.8, 4) is 0 Å². The number of pyridine rings is 1. The van der Waals surface area contributed by atoms with E-state index >= 15 is 0 Å². The van der Waals surface area contributed by atoms with E-state index in [9.17, 15) is 26.8 Å². The number of ether oxygens (including phenoxy) is 1. The molecule has 6 rings (SSSR count). The van der Waals surface area contributed by atoms with Crippen LogP contribution in [0.3, 0.4) is 0 Å². The molecular formula is C28H32F2N6O5S. The smallest absolute Gasteiger partial charge is 0.323 e. The molecule has 0 bridgehead atoms. The minimum atomic E-state index is -4.04. The van der Waals surface area contributed by atoms with Crippen LogP contribution in [0.25, 0.3) is 5.52 Å². The van der Waals surface area contributed by atoms with E-state index in [0.717, 1.165) is 12.8 Å². The molecule has 224 valence electrons. The van der Waals surface area contributed by atoms with Crippen LogP contribution in [0.1, 0.15) is 43.0 Å². The van der Waals surface area contributed by atoms with E-state index in [4.69, 9.17) is 4.74 Å². The van der Waals surface area contributed by atoms with Gasteiger partial charge in [0.1, 0.15) is 5.82 Å². The molecule has 0 unspecified atom stereocenters. The first-order valence-electron chi connectivity index (χ1n) is 13.9. The zero-order chi connectivity index (χ0) is 29.7. The van der Waals surface area contributed by atoms with Crippen LogP contribution in [0.4, 0.5) is 31.7 Å². The van der Waals surface area contributed by atoms with E-state index in [1.165, 1.54) is 23.8 Å². The maximum Gasteiger partial charge on any atom is 0.323 e. The number of benzene rings is 1. The van der Waals surface area contributed by atoms with E-state index in [2.05, 4.69) is 20.0 Å². The monoisotopic (exact) mass is 602 g/mol. The van der Waals surface area contributed by atoms with E-state index in [-0.39, 0.29) is 12.3 Å². The number of halogens is 2. The average Bonchev–Trinajstić information content (AvgIpc) is 3.48. The lowest BCUT2D eigenvalue weighted by molar-refractivity contribution is -0.139. The van der Waals surface area contributed by atoms with Crippen LogP contribution in [0, 0.1) is 5.41 Å². The molecule has 11 nitrogen and oxygen atoms in total. The quantitative estimate of drug-likeness (QED) is 0.355. The molecule has 3 aliphatic rings. The third-order valence-corrected chi connectivity index (χ3v) is 9.32. The third kappa shape index (κ3) is 5.85. The second-order valence-corrected chi connectivity index (χ2v) is 13.0. The molecule has 2 aromatic heterocycles. The lowest BCUT2D eigenvalue weighted by atomic mass is 9.93. The van der Waals surface area contributed by atoms with Gasteiger partial charge in [0.2, 0.25) is 10.0 Å². The molecule has 1 spiro atoms. The van der Waals surface area contributed by atoms with Crippen molar-refractivity contribution in [2.45, 2.75) is 38.5 Å². The maximum absolute atomic E-state index is 13.7. The van der Waals surface area contributed by atoms with Gasteiger partial charge in [-0.25, -0.2) is 21.7 Å². The number of alkyl halides is 2. The predicted octanol–water partition coefficient (Wildman–Crippen LogP) is 3.73. The lowest BCUT2D eigenvalue weighted by Gasteiger charge is -2.40. The summed E-state index contributed by atoms with van der Waals surface area (Å²) in [5.74, 6) is -4.45. The molecular weight excluding hydrogens is 570 g/mol. The van der Waals surface area contributed by atoms with Gasteiger partial charge in [-0.3, -0.25) is 14.3 Å². The Morgan fingerprint density at radius 2 is 1.74 bits per heavy atom. The normalized spacial score (nSPS) is 18.9. The number of nitrogens with zero attached hydrogens (tertiary/aromatic N) is 4. The molecule has 1 saturated carbocycles. The summed E-state index contributed by atoms with van der Waals surface area (Å²) in [4.78, 5) is 29.0. The first-order valence-corrected chi connectivity index (χ1v) is 15.6. The van der Waals surface area contributed by atoms with Crippen LogP contribution in [0.15, 0.2) is 42.6 Å². The average molecular weight is 603 g/mol. The Kier molecular flexibility index (Phi) is 6.98. The highest BCUT2D eigenvalue weighted by molar-refractivity contribution is 7.93. The van der Waals surface area contributed by atoms with Crippen LogP contribution in [0.2, 0.25) is 0 Å². The maximum atomic E-state index is 13.7. The Labute approximate surface area is 241 Å². The molecule has 2 saturated heterocycles. The Morgan fingerprint density at radius 1 is 1.00 bits per heavy atom. The molecule has 0 radical (unpaired) electrons. The number of carbonyl (C=O) groups excluding carboxylic acids is 2. The van der Waals surface area contributed by atoms with Crippen LogP contribution in [-0.4, -0.2) is 74.4 Å². The van der Waals surface area contributed by atoms with Crippen molar-refractivity contribution in [3.05, 3.63) is 48.2 Å². The highest BCUT2D eigenvalue weighted by Gasteiger charge is 2.45. The van der Waals surface area contributed by atoms with Crippen molar-refractivity contribution in [1.82, 2.24) is 9.61 Å². The van der Waals surface area contributed by atoms with E-state index in [0.29, 0.717) is 46.8 Å². The SMILES string of the molecule is CCOC(=O)CS(=O)(=O)Nc1ccc(C(=O)Nc2cc(N3CC(F)(F)C3)n3nccc3c2)c(N2CCC3(CC2)CC3)c1. The van der Waals surface area contributed by atoms with Crippen molar-refractivity contribution in [1.29, 1.82) is 0 Å². The molecule has 4 heterocycles. The van der Waals surface area contributed by atoms with Crippen LogP contribution in [0.5, 0.6) is 0 Å². The van der Waals surface area contributed by atoms with Crippen molar-refractivity contribution in [3.63, 3.8) is 0 Å². The summed E-state index contributed by atoms with van der Waals surface area (Å²) in [5, 5.41) is 7.13. The molecule has 3 fully saturated rings. The van der Waals surface area contributed by atoms with Crippen molar-refractivity contribution in [2.75, 3.05) is 58.4 Å². The predicted molar refractivity (Wildman–Crippen MR) is 154 cm³/mol. The molecule has 0 atom stereocenters. The van der Waals surface area contributed by atoms with Gasteiger partial charge in [-0.15, -0.1) is 0 Å². The van der Waals surface area contributed by atoms with Crippen molar-refractivity contribution >= 4 is 50.3 Å². The van der Waals surface area contributed by atoms with Crippen LogP contribution >= 0.6 is 0 Å². The second kappa shape index (κ2) is 10.4. The second-order valence-electron chi connectivity index (χ2n) is 11.3. The fourth-order valence-electron chi connectivity index (χ4n) is 5.71. The Hall–Kier alpha value is -3.94. The number of piperidine rings is 1. The number of hydrogen-bond acceptors (Lipinski definition) is 8. The van der Waals surface area contributed by atoms with E-state index in [1.807, 2.05) is 0 Å². The van der Waals surface area contributed by atoms with E-state index in [1.54, 1.807) is 48.0 Å². The van der Waals surface area contributed by atoms with Crippen LogP contribution in [-0.2, 0) is 19.6 Å². The number of sulfonamides is 1. The number of esters is 1. The molecule has 3 aromatic rings. The number of aromatic nitrogens is 2. The van der Waals surface area contributed by atoms with Crippen LogP contribution < -0.4 is 19.8 Å². The van der Waals surface area contributed by atoms with Gasteiger partial charge in [0.05, 0.1) is 48.3 Å². The summed E-state index contributed by atoms with van der Waals surface area (Å²) >= 11 is 0. The summed E-state index contributed by atoms with van der Waals surface area (Å²) < 4.78 is 61.2. The van der Waals surface area contributed by atoms with Gasteiger partial charge >= 0.3 is 5.97 Å². The number of carbonyl (C=O) groups is 2. The Balaban J connectivity index is 1.27. The Morgan fingerprint density at radius 3 is 2.40 bits per heavy atom. The molecule has 14 heteroatoms. The highest BCUT2D eigenvalue weighted by Crippen LogP contribution is 2.54. The van der Waals surface area contributed by atoms with Gasteiger partial charge in [0, 0.05) is 24.8 Å². The summed E-state index contributed by atoms with van der Waals surface area (Å²) in [6, 6.07) is 9.67. The minimum Gasteiger partial charge on any atom is -0.465 e. The summed E-state index contributed by atoms with van der Waals surface area (Å²) in [7, 11) is -4.04. The number of hydrogen-bond donors (Lipinski definition) is 2. The fourth-order valence-corrected chi connectivity index (χ4v) is 6.66. The first kappa shape index (κ1) is 28.2. The minimum absolute atomic E-state index is 0.0682. The summed E-state index contributed by atoms with van der Waals surface area (Å²) in [5.41, 5.74) is 2.55. The van der Waals surface area contributed by atoms with Crippen molar-refractivity contribution in [2.24, 2.45) is 5.41 Å². The zero-order valence-corrected chi connectivity index (χ0v) is 23.9. The van der Waals surface area contributed by atoms with Gasteiger partial charge in [-0.05, 0) is 68.4 Å². The molecule has 1 aromatic carbocycles. The summed E-state index contributed by atoms with van der Waals surface area (Å²) in [6.07, 6.45) is 5.92. The van der Waals surface area contributed by atoms with Gasteiger partial charge in [-0.1, -0.05) is 0 Å². The van der Waals surface area contributed by atoms with Crippen molar-refractivity contribution < 1.29 is 31.5 Å². The topological polar surface area (TPSA) is 125 Å². The molecule has 1 amide bonds. The fraction of sp³-hybridized carbons (Fsp3) is 0.464. The van der Waals surface area contributed by atoms with Gasteiger partial charge in [-0.2, -0.15) is 5.10 Å². The number of rotatable bonds is 9. The van der Waals surface area contributed by atoms with Gasteiger partial charge < -0.3 is 19.9 Å². The van der Waals surface area contributed by atoms with Gasteiger partial charge in [0.25, 0.3) is 11.8 Å². The lowest BCUT2D eigenvalue weighted by Crippen LogP contribution is -2.57. The number of anilines is 4.